The smallest absolute Gasteiger partial charge is 0.123 e. The number of ether oxygens (including phenoxy) is 1. The Hall–Kier alpha value is -2.02. The van der Waals surface area contributed by atoms with Crippen molar-refractivity contribution >= 4 is 11.6 Å². The van der Waals surface area contributed by atoms with Crippen molar-refractivity contribution in [2.45, 2.75) is 13.1 Å². The van der Waals surface area contributed by atoms with Gasteiger partial charge in [-0.25, -0.2) is 0 Å². The van der Waals surface area contributed by atoms with E-state index >= 15 is 0 Å². The largest absolute Gasteiger partial charge is 0.496 e. The van der Waals surface area contributed by atoms with E-state index in [0.29, 0.717) is 17.1 Å². The van der Waals surface area contributed by atoms with Gasteiger partial charge in [-0.15, -0.1) is 0 Å². The summed E-state index contributed by atoms with van der Waals surface area (Å²) in [5.74, 6) is 0.885. The zero-order valence-corrected chi connectivity index (χ0v) is 12.9. The van der Waals surface area contributed by atoms with E-state index in [-0.39, 0.29) is 0 Å². The van der Waals surface area contributed by atoms with Crippen LogP contribution in [-0.2, 0) is 13.1 Å². The molecule has 0 heterocycles. The van der Waals surface area contributed by atoms with E-state index in [4.69, 9.17) is 21.6 Å². The normalized spacial score (nSPS) is 10.4. The molecule has 0 fully saturated rings. The zero-order chi connectivity index (χ0) is 15.2. The molecule has 0 atom stereocenters. The third kappa shape index (κ3) is 3.98. The molecule has 0 radical (unpaired) electrons. The van der Waals surface area contributed by atoms with Gasteiger partial charge in [-0.05, 0) is 30.8 Å². The molecule has 0 bridgehead atoms. The van der Waals surface area contributed by atoms with Crippen LogP contribution in [0.2, 0.25) is 5.02 Å². The Morgan fingerprint density at radius 3 is 2.52 bits per heavy atom. The number of methoxy groups -OCH3 is 1. The molecular weight excluding hydrogens is 284 g/mol. The maximum Gasteiger partial charge on any atom is 0.123 e. The quantitative estimate of drug-likeness (QED) is 0.841. The average Bonchev–Trinajstić information content (AvgIpc) is 2.49. The number of rotatable bonds is 5. The number of hydrogen-bond donors (Lipinski definition) is 0. The molecule has 3 nitrogen and oxygen atoms in total. The fourth-order valence-corrected chi connectivity index (χ4v) is 2.46. The van der Waals surface area contributed by atoms with E-state index in [1.165, 1.54) is 0 Å². The van der Waals surface area contributed by atoms with E-state index in [1.807, 2.05) is 31.3 Å². The summed E-state index contributed by atoms with van der Waals surface area (Å²) in [5.41, 5.74) is 2.72. The lowest BCUT2D eigenvalue weighted by Gasteiger charge is -2.19. The summed E-state index contributed by atoms with van der Waals surface area (Å²) in [4.78, 5) is 2.16. The number of halogens is 1. The predicted molar refractivity (Wildman–Crippen MR) is 84.3 cm³/mol. The topological polar surface area (TPSA) is 36.3 Å². The molecule has 0 unspecified atom stereocenters. The first-order chi connectivity index (χ1) is 10.1. The van der Waals surface area contributed by atoms with Crippen LogP contribution in [0.5, 0.6) is 5.75 Å². The first-order valence-corrected chi connectivity index (χ1v) is 7.01. The SMILES string of the molecule is COc1ccccc1CN(C)Cc1ccc(C#N)cc1Cl. The lowest BCUT2D eigenvalue weighted by molar-refractivity contribution is 0.310. The maximum absolute atomic E-state index is 8.85. The Labute approximate surface area is 130 Å². The zero-order valence-electron chi connectivity index (χ0n) is 12.1. The standard InChI is InChI=1S/C17H17ClN2O/c1-20(12-15-5-3-4-6-17(15)21-2)11-14-8-7-13(10-19)9-16(14)18/h3-9H,11-12H2,1-2H3. The number of para-hydroxylation sites is 1. The van der Waals surface area contributed by atoms with Gasteiger partial charge in [0, 0.05) is 23.7 Å². The average molecular weight is 301 g/mol. The Bertz CT molecular complexity index is 664. The minimum Gasteiger partial charge on any atom is -0.496 e. The molecule has 2 rings (SSSR count). The van der Waals surface area contributed by atoms with Gasteiger partial charge in [-0.1, -0.05) is 35.9 Å². The van der Waals surface area contributed by atoms with Crippen LogP contribution in [0, 0.1) is 11.3 Å². The molecule has 0 N–H and O–H groups in total. The summed E-state index contributed by atoms with van der Waals surface area (Å²) in [6.07, 6.45) is 0. The summed E-state index contributed by atoms with van der Waals surface area (Å²) in [6, 6.07) is 15.4. The second-order valence-corrected chi connectivity index (χ2v) is 5.31. The highest BCUT2D eigenvalue weighted by Crippen LogP contribution is 2.22. The molecule has 2 aromatic carbocycles. The molecule has 108 valence electrons. The highest BCUT2D eigenvalue weighted by Gasteiger charge is 2.09. The molecule has 0 amide bonds. The van der Waals surface area contributed by atoms with Crippen LogP contribution in [0.3, 0.4) is 0 Å². The van der Waals surface area contributed by atoms with Crippen molar-refractivity contribution in [1.82, 2.24) is 4.90 Å². The van der Waals surface area contributed by atoms with Crippen molar-refractivity contribution in [1.29, 1.82) is 5.26 Å². The van der Waals surface area contributed by atoms with Crippen LogP contribution in [0.4, 0.5) is 0 Å². The van der Waals surface area contributed by atoms with Gasteiger partial charge < -0.3 is 4.74 Å². The maximum atomic E-state index is 8.85. The lowest BCUT2D eigenvalue weighted by Crippen LogP contribution is -2.18. The summed E-state index contributed by atoms with van der Waals surface area (Å²) >= 11 is 6.21. The van der Waals surface area contributed by atoms with Gasteiger partial charge >= 0.3 is 0 Å². The van der Waals surface area contributed by atoms with Gasteiger partial charge in [-0.3, -0.25) is 4.90 Å². The number of nitrogens with zero attached hydrogens (tertiary/aromatic N) is 2. The first-order valence-electron chi connectivity index (χ1n) is 6.63. The Balaban J connectivity index is 2.08. The fourth-order valence-electron chi connectivity index (χ4n) is 2.22. The van der Waals surface area contributed by atoms with E-state index in [1.54, 1.807) is 19.2 Å². The molecule has 4 heteroatoms. The van der Waals surface area contributed by atoms with E-state index in [0.717, 1.165) is 23.4 Å². The van der Waals surface area contributed by atoms with Crippen molar-refractivity contribution in [3.8, 4) is 11.8 Å². The Morgan fingerprint density at radius 2 is 1.86 bits per heavy atom. The lowest BCUT2D eigenvalue weighted by atomic mass is 10.1. The second-order valence-electron chi connectivity index (χ2n) is 4.90. The molecule has 0 aromatic heterocycles. The second kappa shape index (κ2) is 7.12. The van der Waals surface area contributed by atoms with E-state index < -0.39 is 0 Å². The summed E-state index contributed by atoms with van der Waals surface area (Å²) in [7, 11) is 3.71. The minimum absolute atomic E-state index is 0.580. The molecule has 0 aliphatic carbocycles. The van der Waals surface area contributed by atoms with Crippen molar-refractivity contribution in [2.75, 3.05) is 14.2 Å². The van der Waals surface area contributed by atoms with Crippen molar-refractivity contribution in [3.05, 3.63) is 64.2 Å². The molecule has 21 heavy (non-hydrogen) atoms. The van der Waals surface area contributed by atoms with Crippen LogP contribution < -0.4 is 4.74 Å². The van der Waals surface area contributed by atoms with Crippen LogP contribution in [0.1, 0.15) is 16.7 Å². The van der Waals surface area contributed by atoms with Gasteiger partial charge in [0.2, 0.25) is 0 Å². The Morgan fingerprint density at radius 1 is 1.14 bits per heavy atom. The summed E-state index contributed by atoms with van der Waals surface area (Å²) in [5, 5.41) is 9.48. The third-order valence-corrected chi connectivity index (χ3v) is 3.61. The molecule has 0 aliphatic heterocycles. The third-order valence-electron chi connectivity index (χ3n) is 3.26. The van der Waals surface area contributed by atoms with E-state index in [2.05, 4.69) is 17.0 Å². The van der Waals surface area contributed by atoms with Crippen LogP contribution >= 0.6 is 11.6 Å². The highest BCUT2D eigenvalue weighted by atomic mass is 35.5. The van der Waals surface area contributed by atoms with Gasteiger partial charge in [0.05, 0.1) is 18.7 Å². The highest BCUT2D eigenvalue weighted by molar-refractivity contribution is 6.31. The van der Waals surface area contributed by atoms with Crippen LogP contribution in [0.25, 0.3) is 0 Å². The summed E-state index contributed by atoms with van der Waals surface area (Å²) in [6.45, 7) is 1.48. The number of hydrogen-bond acceptors (Lipinski definition) is 3. The number of benzene rings is 2. The van der Waals surface area contributed by atoms with Gasteiger partial charge in [0.25, 0.3) is 0 Å². The van der Waals surface area contributed by atoms with Crippen molar-refractivity contribution in [2.24, 2.45) is 0 Å². The monoisotopic (exact) mass is 300 g/mol. The predicted octanol–water partition coefficient (Wildman–Crippen LogP) is 3.85. The summed E-state index contributed by atoms with van der Waals surface area (Å²) < 4.78 is 5.36. The minimum atomic E-state index is 0.580. The van der Waals surface area contributed by atoms with Crippen LogP contribution in [0.15, 0.2) is 42.5 Å². The first kappa shape index (κ1) is 15.4. The molecule has 0 saturated heterocycles. The van der Waals surface area contributed by atoms with Crippen molar-refractivity contribution in [3.63, 3.8) is 0 Å². The molecule has 0 aliphatic rings. The van der Waals surface area contributed by atoms with Gasteiger partial charge in [-0.2, -0.15) is 5.26 Å². The molecule has 0 saturated carbocycles. The molecular formula is C17H17ClN2O. The van der Waals surface area contributed by atoms with E-state index in [9.17, 15) is 0 Å². The Kier molecular flexibility index (Phi) is 5.21. The molecule has 0 spiro atoms. The number of nitriles is 1. The van der Waals surface area contributed by atoms with Gasteiger partial charge in [0.1, 0.15) is 5.75 Å². The van der Waals surface area contributed by atoms with Gasteiger partial charge in [0.15, 0.2) is 0 Å². The molecule has 2 aromatic rings. The van der Waals surface area contributed by atoms with Crippen LogP contribution in [-0.4, -0.2) is 19.1 Å². The van der Waals surface area contributed by atoms with Crippen molar-refractivity contribution < 1.29 is 4.74 Å². The fraction of sp³-hybridized carbons (Fsp3) is 0.235.